The van der Waals surface area contributed by atoms with Crippen molar-refractivity contribution in [1.82, 2.24) is 10.6 Å². The summed E-state index contributed by atoms with van der Waals surface area (Å²) in [5, 5.41) is 7.35. The van der Waals surface area contributed by atoms with Crippen molar-refractivity contribution in [2.45, 2.75) is 32.9 Å². The Hall–Kier alpha value is -0.770. The Balaban J connectivity index is 2.29. The summed E-state index contributed by atoms with van der Waals surface area (Å²) in [6, 6.07) is 5.53. The Morgan fingerprint density at radius 3 is 2.72 bits per heavy atom. The molecule has 0 unspecified atom stereocenters. The number of carbonyl (C=O) groups excluding carboxylic acids is 1. The van der Waals surface area contributed by atoms with Crippen molar-refractivity contribution in [3.8, 4) is 0 Å². The van der Waals surface area contributed by atoms with Crippen LogP contribution in [0.15, 0.2) is 18.2 Å². The molecule has 1 amide bonds. The van der Waals surface area contributed by atoms with Gasteiger partial charge in [0, 0.05) is 35.6 Å². The highest BCUT2D eigenvalue weighted by molar-refractivity contribution is 6.33. The second-order valence-corrected chi connectivity index (χ2v) is 5.23. The van der Waals surface area contributed by atoms with Gasteiger partial charge in [0.1, 0.15) is 0 Å². The molecule has 5 heteroatoms. The average Bonchev–Trinajstić information content (AvgIpc) is 2.28. The molecule has 0 aliphatic heterocycles. The number of nitrogens with one attached hydrogen (secondary N) is 2. The highest BCUT2D eigenvalue weighted by atomic mass is 35.5. The van der Waals surface area contributed by atoms with Crippen LogP contribution in [0.25, 0.3) is 0 Å². The number of benzene rings is 1. The maximum absolute atomic E-state index is 11.4. The molecule has 0 aliphatic carbocycles. The minimum absolute atomic E-state index is 0.0506. The van der Waals surface area contributed by atoms with Crippen LogP contribution >= 0.6 is 23.2 Å². The van der Waals surface area contributed by atoms with E-state index in [0.29, 0.717) is 29.6 Å². The van der Waals surface area contributed by atoms with Gasteiger partial charge in [-0.25, -0.2) is 0 Å². The second-order valence-electron chi connectivity index (χ2n) is 4.38. The molecular formula is C13H18Cl2N2O. The van der Waals surface area contributed by atoms with Crippen LogP contribution in [-0.2, 0) is 11.3 Å². The van der Waals surface area contributed by atoms with Gasteiger partial charge >= 0.3 is 0 Å². The summed E-state index contributed by atoms with van der Waals surface area (Å²) < 4.78 is 0. The third kappa shape index (κ3) is 5.71. The van der Waals surface area contributed by atoms with E-state index in [1.165, 1.54) is 0 Å². The van der Waals surface area contributed by atoms with Crippen molar-refractivity contribution in [2.75, 3.05) is 6.54 Å². The molecule has 0 saturated heterocycles. The smallest absolute Gasteiger partial charge is 0.221 e. The monoisotopic (exact) mass is 288 g/mol. The zero-order chi connectivity index (χ0) is 13.5. The maximum atomic E-state index is 11.4. The van der Waals surface area contributed by atoms with Gasteiger partial charge in [-0.1, -0.05) is 23.2 Å². The minimum Gasteiger partial charge on any atom is -0.354 e. The van der Waals surface area contributed by atoms with Crippen LogP contribution in [-0.4, -0.2) is 18.5 Å². The lowest BCUT2D eigenvalue weighted by molar-refractivity contribution is -0.121. The normalized spacial score (nSPS) is 10.7. The van der Waals surface area contributed by atoms with Gasteiger partial charge in [0.2, 0.25) is 5.91 Å². The van der Waals surface area contributed by atoms with E-state index in [2.05, 4.69) is 10.6 Å². The molecule has 3 nitrogen and oxygen atoms in total. The second kappa shape index (κ2) is 7.62. The summed E-state index contributed by atoms with van der Waals surface area (Å²) in [5.74, 6) is 0.0506. The van der Waals surface area contributed by atoms with Crippen LogP contribution in [0, 0.1) is 0 Å². The fourth-order valence-electron chi connectivity index (χ4n) is 1.50. The number of carbonyl (C=O) groups is 1. The highest BCUT2D eigenvalue weighted by Gasteiger charge is 2.04. The van der Waals surface area contributed by atoms with Gasteiger partial charge in [-0.15, -0.1) is 0 Å². The Bertz CT molecular complexity index is 408. The number of amides is 1. The predicted molar refractivity (Wildman–Crippen MR) is 76.1 cm³/mol. The molecule has 100 valence electrons. The lowest BCUT2D eigenvalue weighted by Gasteiger charge is -2.09. The molecule has 0 atom stereocenters. The van der Waals surface area contributed by atoms with Gasteiger partial charge in [-0.05, 0) is 37.6 Å². The summed E-state index contributed by atoms with van der Waals surface area (Å²) in [7, 11) is 0. The van der Waals surface area contributed by atoms with Crippen molar-refractivity contribution in [3.05, 3.63) is 33.8 Å². The molecule has 0 saturated carbocycles. The molecule has 0 bridgehead atoms. The largest absolute Gasteiger partial charge is 0.354 e. The standard InChI is InChI=1S/C13H18Cl2N2O/c1-9(2)17-13(18)5-6-16-8-10-7-11(14)3-4-12(10)15/h3-4,7,9,16H,5-6,8H2,1-2H3,(H,17,18). The lowest BCUT2D eigenvalue weighted by Crippen LogP contribution is -2.32. The third-order valence-electron chi connectivity index (χ3n) is 2.30. The third-order valence-corrected chi connectivity index (χ3v) is 2.91. The summed E-state index contributed by atoms with van der Waals surface area (Å²) in [4.78, 5) is 11.4. The summed E-state index contributed by atoms with van der Waals surface area (Å²) in [6.07, 6.45) is 0.455. The first-order chi connectivity index (χ1) is 8.49. The van der Waals surface area contributed by atoms with E-state index in [1.54, 1.807) is 12.1 Å². The molecule has 0 fully saturated rings. The lowest BCUT2D eigenvalue weighted by atomic mass is 10.2. The molecule has 0 heterocycles. The zero-order valence-corrected chi connectivity index (χ0v) is 12.1. The van der Waals surface area contributed by atoms with Crippen molar-refractivity contribution in [1.29, 1.82) is 0 Å². The molecular weight excluding hydrogens is 271 g/mol. The summed E-state index contributed by atoms with van der Waals surface area (Å²) in [6.45, 7) is 5.10. The first kappa shape index (κ1) is 15.3. The maximum Gasteiger partial charge on any atom is 0.221 e. The topological polar surface area (TPSA) is 41.1 Å². The van der Waals surface area contributed by atoms with Crippen LogP contribution in [0.5, 0.6) is 0 Å². The number of hydrogen-bond donors (Lipinski definition) is 2. The molecule has 1 aromatic rings. The van der Waals surface area contributed by atoms with Crippen LogP contribution < -0.4 is 10.6 Å². The zero-order valence-electron chi connectivity index (χ0n) is 10.6. The molecule has 0 aromatic heterocycles. The Morgan fingerprint density at radius 2 is 2.06 bits per heavy atom. The van der Waals surface area contributed by atoms with E-state index >= 15 is 0 Å². The summed E-state index contributed by atoms with van der Waals surface area (Å²) in [5.41, 5.74) is 0.938. The molecule has 0 spiro atoms. The molecule has 1 rings (SSSR count). The van der Waals surface area contributed by atoms with Gasteiger partial charge in [0.25, 0.3) is 0 Å². The number of hydrogen-bond acceptors (Lipinski definition) is 2. The van der Waals surface area contributed by atoms with Gasteiger partial charge in [-0.3, -0.25) is 4.79 Å². The van der Waals surface area contributed by atoms with Gasteiger partial charge in [0.05, 0.1) is 0 Å². The number of halogens is 2. The van der Waals surface area contributed by atoms with E-state index in [9.17, 15) is 4.79 Å². The highest BCUT2D eigenvalue weighted by Crippen LogP contribution is 2.20. The van der Waals surface area contributed by atoms with Gasteiger partial charge in [0.15, 0.2) is 0 Å². The summed E-state index contributed by atoms with van der Waals surface area (Å²) >= 11 is 11.9. The van der Waals surface area contributed by atoms with E-state index in [0.717, 1.165) is 5.56 Å². The van der Waals surface area contributed by atoms with Gasteiger partial charge < -0.3 is 10.6 Å². The van der Waals surface area contributed by atoms with Gasteiger partial charge in [-0.2, -0.15) is 0 Å². The van der Waals surface area contributed by atoms with Crippen LogP contribution in [0.3, 0.4) is 0 Å². The Kier molecular flexibility index (Phi) is 6.47. The Labute approximate surface area is 118 Å². The fraction of sp³-hybridized carbons (Fsp3) is 0.462. The Morgan fingerprint density at radius 1 is 1.33 bits per heavy atom. The SMILES string of the molecule is CC(C)NC(=O)CCNCc1cc(Cl)ccc1Cl. The predicted octanol–water partition coefficient (Wildman–Crippen LogP) is 3.00. The van der Waals surface area contributed by atoms with Crippen molar-refractivity contribution >= 4 is 29.1 Å². The molecule has 1 aromatic carbocycles. The van der Waals surface area contributed by atoms with E-state index in [1.807, 2.05) is 19.9 Å². The van der Waals surface area contributed by atoms with Crippen molar-refractivity contribution < 1.29 is 4.79 Å². The van der Waals surface area contributed by atoms with Crippen molar-refractivity contribution in [2.24, 2.45) is 0 Å². The van der Waals surface area contributed by atoms with E-state index < -0.39 is 0 Å². The van der Waals surface area contributed by atoms with Crippen LogP contribution in [0.1, 0.15) is 25.8 Å². The van der Waals surface area contributed by atoms with Crippen molar-refractivity contribution in [3.63, 3.8) is 0 Å². The average molecular weight is 289 g/mol. The van der Waals surface area contributed by atoms with Crippen LogP contribution in [0.4, 0.5) is 0 Å². The quantitative estimate of drug-likeness (QED) is 0.790. The minimum atomic E-state index is 0.0506. The van der Waals surface area contributed by atoms with Crippen LogP contribution in [0.2, 0.25) is 10.0 Å². The number of rotatable bonds is 6. The first-order valence-electron chi connectivity index (χ1n) is 5.93. The fourth-order valence-corrected chi connectivity index (χ4v) is 1.88. The molecule has 0 radical (unpaired) electrons. The van der Waals surface area contributed by atoms with E-state index in [4.69, 9.17) is 23.2 Å². The molecule has 0 aliphatic rings. The molecule has 2 N–H and O–H groups in total. The van der Waals surface area contributed by atoms with E-state index in [-0.39, 0.29) is 11.9 Å². The molecule has 18 heavy (non-hydrogen) atoms. The first-order valence-corrected chi connectivity index (χ1v) is 6.68.